The Hall–Kier alpha value is -3.29. The smallest absolute Gasteiger partial charge is 0.416 e. The Balaban J connectivity index is 1.40. The molecule has 13 heteroatoms. The first-order valence-electron chi connectivity index (χ1n) is 11.3. The van der Waals surface area contributed by atoms with Gasteiger partial charge < -0.3 is 14.0 Å². The fourth-order valence-corrected chi connectivity index (χ4v) is 5.27. The SMILES string of the molecule is COc1cc(-c2cccc(C(F)(F)F)c2)cc(F)c1N1C(=O)COC2CN(SNc3ccon3)CCC21. The molecule has 1 aromatic heterocycles. The highest BCUT2D eigenvalue weighted by Crippen LogP contribution is 2.41. The van der Waals surface area contributed by atoms with E-state index < -0.39 is 35.6 Å². The quantitative estimate of drug-likeness (QED) is 0.348. The molecule has 1 amide bonds. The summed E-state index contributed by atoms with van der Waals surface area (Å²) in [5, 5.41) is 3.79. The monoisotopic (exact) mass is 538 g/mol. The average Bonchev–Trinajstić information content (AvgIpc) is 3.41. The van der Waals surface area contributed by atoms with E-state index in [9.17, 15) is 18.0 Å². The van der Waals surface area contributed by atoms with Crippen LogP contribution >= 0.6 is 12.1 Å². The molecule has 3 aromatic rings. The molecule has 2 aliphatic rings. The van der Waals surface area contributed by atoms with E-state index in [-0.39, 0.29) is 29.2 Å². The van der Waals surface area contributed by atoms with Gasteiger partial charge in [0.1, 0.15) is 24.3 Å². The number of piperidine rings is 1. The van der Waals surface area contributed by atoms with Gasteiger partial charge in [0, 0.05) is 31.3 Å². The van der Waals surface area contributed by atoms with Crippen LogP contribution in [-0.2, 0) is 15.7 Å². The van der Waals surface area contributed by atoms with Gasteiger partial charge in [-0.25, -0.2) is 8.70 Å². The van der Waals surface area contributed by atoms with Crippen molar-refractivity contribution in [2.24, 2.45) is 0 Å². The Kier molecular flexibility index (Phi) is 7.01. The minimum Gasteiger partial charge on any atom is -0.494 e. The number of carbonyl (C=O) groups excluding carboxylic acids is 1. The Morgan fingerprint density at radius 2 is 2.03 bits per heavy atom. The van der Waals surface area contributed by atoms with Crippen molar-refractivity contribution in [2.75, 3.05) is 36.4 Å². The Labute approximate surface area is 213 Å². The van der Waals surface area contributed by atoms with Crippen LogP contribution < -0.4 is 14.4 Å². The molecule has 37 heavy (non-hydrogen) atoms. The summed E-state index contributed by atoms with van der Waals surface area (Å²) in [4.78, 5) is 14.3. The Bertz CT molecular complexity index is 1270. The third-order valence-corrected chi connectivity index (χ3v) is 7.13. The second-order valence-corrected chi connectivity index (χ2v) is 9.43. The van der Waals surface area contributed by atoms with Crippen LogP contribution in [0.1, 0.15) is 12.0 Å². The van der Waals surface area contributed by atoms with E-state index in [1.165, 1.54) is 48.6 Å². The van der Waals surface area contributed by atoms with Crippen molar-refractivity contribution in [1.82, 2.24) is 9.46 Å². The highest BCUT2D eigenvalue weighted by atomic mass is 32.2. The van der Waals surface area contributed by atoms with E-state index >= 15 is 4.39 Å². The molecular weight excluding hydrogens is 516 g/mol. The van der Waals surface area contributed by atoms with Crippen LogP contribution in [-0.4, -0.2) is 54.3 Å². The number of ether oxygens (including phenoxy) is 2. The normalized spacial score (nSPS) is 20.6. The number of benzene rings is 2. The number of anilines is 2. The Morgan fingerprint density at radius 3 is 2.76 bits per heavy atom. The summed E-state index contributed by atoms with van der Waals surface area (Å²) in [7, 11) is 1.32. The maximum Gasteiger partial charge on any atom is 0.416 e. The standard InChI is InChI=1S/C24H22F4N4O4S/c1-34-19-11-15(14-3-2-4-16(9-14)24(26,27)28)10-17(25)23(19)32-18-5-7-31(12-20(18)35-13-22(32)33)37-30-21-6-8-36-29-21/h2-4,6,8-11,18,20H,5,7,12-13H2,1H3,(H,29,30). The van der Waals surface area contributed by atoms with Gasteiger partial charge in [0.25, 0.3) is 5.91 Å². The number of amides is 1. The number of hydrogen-bond acceptors (Lipinski definition) is 8. The molecule has 2 saturated heterocycles. The second-order valence-electron chi connectivity index (χ2n) is 8.52. The predicted octanol–water partition coefficient (Wildman–Crippen LogP) is 4.99. The summed E-state index contributed by atoms with van der Waals surface area (Å²) in [5.74, 6) is -0.593. The molecule has 1 N–H and O–H groups in total. The van der Waals surface area contributed by atoms with Gasteiger partial charge in [0.15, 0.2) is 11.6 Å². The number of methoxy groups -OCH3 is 1. The van der Waals surface area contributed by atoms with Crippen molar-refractivity contribution in [3.8, 4) is 16.9 Å². The van der Waals surface area contributed by atoms with Crippen molar-refractivity contribution in [3.05, 3.63) is 60.1 Å². The number of aromatic nitrogens is 1. The van der Waals surface area contributed by atoms with E-state index in [0.29, 0.717) is 25.3 Å². The van der Waals surface area contributed by atoms with E-state index in [4.69, 9.17) is 14.0 Å². The van der Waals surface area contributed by atoms with Gasteiger partial charge >= 0.3 is 6.18 Å². The summed E-state index contributed by atoms with van der Waals surface area (Å²) in [5.41, 5.74) is -0.521. The minimum absolute atomic E-state index is 0.0471. The van der Waals surface area contributed by atoms with Gasteiger partial charge in [-0.1, -0.05) is 17.3 Å². The number of fused-ring (bicyclic) bond motifs is 1. The number of halogens is 4. The first-order chi connectivity index (χ1) is 17.7. The van der Waals surface area contributed by atoms with E-state index in [1.54, 1.807) is 6.07 Å². The van der Waals surface area contributed by atoms with Crippen LogP contribution in [0.25, 0.3) is 11.1 Å². The molecule has 2 unspecified atom stereocenters. The molecule has 8 nitrogen and oxygen atoms in total. The van der Waals surface area contributed by atoms with Crippen molar-refractivity contribution in [2.45, 2.75) is 24.7 Å². The van der Waals surface area contributed by atoms with Gasteiger partial charge in [-0.05, 0) is 41.8 Å². The van der Waals surface area contributed by atoms with Gasteiger partial charge in [-0.2, -0.15) is 13.2 Å². The molecule has 0 saturated carbocycles. The van der Waals surface area contributed by atoms with Crippen molar-refractivity contribution in [3.63, 3.8) is 0 Å². The molecule has 196 valence electrons. The summed E-state index contributed by atoms with van der Waals surface area (Å²) in [6.45, 7) is 0.778. The number of hydrogen-bond donors (Lipinski definition) is 1. The van der Waals surface area contributed by atoms with Crippen LogP contribution in [0.4, 0.5) is 29.1 Å². The van der Waals surface area contributed by atoms with Gasteiger partial charge in [0.05, 0.1) is 24.8 Å². The highest BCUT2D eigenvalue weighted by molar-refractivity contribution is 7.98. The van der Waals surface area contributed by atoms with Gasteiger partial charge in [0.2, 0.25) is 0 Å². The third-order valence-electron chi connectivity index (χ3n) is 6.24. The second kappa shape index (κ2) is 10.2. The zero-order valence-electron chi connectivity index (χ0n) is 19.5. The fourth-order valence-electron chi connectivity index (χ4n) is 4.52. The van der Waals surface area contributed by atoms with Crippen molar-refractivity contribution in [1.29, 1.82) is 0 Å². The number of alkyl halides is 3. The Morgan fingerprint density at radius 1 is 1.19 bits per heavy atom. The van der Waals surface area contributed by atoms with E-state index in [2.05, 4.69) is 9.88 Å². The lowest BCUT2D eigenvalue weighted by Gasteiger charge is -2.46. The number of carbonyl (C=O) groups is 1. The van der Waals surface area contributed by atoms with Crippen LogP contribution in [0.3, 0.4) is 0 Å². The molecule has 0 bridgehead atoms. The van der Waals surface area contributed by atoms with Crippen LogP contribution in [0.2, 0.25) is 0 Å². The predicted molar refractivity (Wildman–Crippen MR) is 128 cm³/mol. The molecule has 5 rings (SSSR count). The first-order valence-corrected chi connectivity index (χ1v) is 12.1. The van der Waals surface area contributed by atoms with Crippen molar-refractivity contribution < 1.29 is 36.4 Å². The van der Waals surface area contributed by atoms with E-state index in [1.807, 2.05) is 4.31 Å². The van der Waals surface area contributed by atoms with Crippen molar-refractivity contribution >= 4 is 29.5 Å². The highest BCUT2D eigenvalue weighted by Gasteiger charge is 2.43. The zero-order chi connectivity index (χ0) is 26.2. The molecule has 0 spiro atoms. The molecular formula is C24H22F4N4O4S. The lowest BCUT2D eigenvalue weighted by molar-refractivity contribution is -0.137. The van der Waals surface area contributed by atoms with Crippen LogP contribution in [0, 0.1) is 5.82 Å². The zero-order valence-corrected chi connectivity index (χ0v) is 20.3. The van der Waals surface area contributed by atoms with Crippen LogP contribution in [0.15, 0.2) is 53.3 Å². The maximum atomic E-state index is 15.6. The summed E-state index contributed by atoms with van der Waals surface area (Å²) < 4.78 is 76.3. The number of nitrogens with zero attached hydrogens (tertiary/aromatic N) is 3. The molecule has 2 aromatic carbocycles. The molecule has 2 atom stereocenters. The molecule has 2 fully saturated rings. The first kappa shape index (κ1) is 25.4. The molecule has 0 radical (unpaired) electrons. The topological polar surface area (TPSA) is 80.1 Å². The van der Waals surface area contributed by atoms with Crippen LogP contribution in [0.5, 0.6) is 5.75 Å². The number of nitrogens with one attached hydrogen (secondary N) is 1. The minimum atomic E-state index is -4.54. The lowest BCUT2D eigenvalue weighted by Crippen LogP contribution is -2.61. The van der Waals surface area contributed by atoms with Gasteiger partial charge in [-0.3, -0.25) is 14.4 Å². The van der Waals surface area contributed by atoms with Gasteiger partial charge in [-0.15, -0.1) is 0 Å². The third kappa shape index (κ3) is 5.24. The lowest BCUT2D eigenvalue weighted by atomic mass is 9.97. The molecule has 0 aliphatic carbocycles. The summed E-state index contributed by atoms with van der Waals surface area (Å²) in [6, 6.07) is 8.41. The largest absolute Gasteiger partial charge is 0.494 e. The summed E-state index contributed by atoms with van der Waals surface area (Å²) >= 11 is 1.32. The summed E-state index contributed by atoms with van der Waals surface area (Å²) in [6.07, 6.45) is -3.00. The number of rotatable bonds is 6. The maximum absolute atomic E-state index is 15.6. The molecule has 2 aliphatic heterocycles. The number of morpholine rings is 1. The fraction of sp³-hybridized carbons (Fsp3) is 0.333. The van der Waals surface area contributed by atoms with E-state index in [0.717, 1.165) is 18.2 Å². The average molecular weight is 539 g/mol. The molecule has 3 heterocycles.